The number of nitrogens with zero attached hydrogens (tertiary/aromatic N) is 2. The van der Waals surface area contributed by atoms with Crippen LogP contribution in [-0.4, -0.2) is 45.6 Å². The number of hydrogen-bond donors (Lipinski definition) is 2. The van der Waals surface area contributed by atoms with Gasteiger partial charge < -0.3 is 20.4 Å². The minimum atomic E-state index is -1.18. The Morgan fingerprint density at radius 3 is 1.76 bits per heavy atom. The molecule has 2 aromatic carbocycles. The van der Waals surface area contributed by atoms with Crippen LogP contribution in [0.15, 0.2) is 73.1 Å². The predicted molar refractivity (Wildman–Crippen MR) is 115 cm³/mol. The molecule has 168 valence electrons. The Bertz CT molecular complexity index is 977. The fraction of sp³-hybridized carbons (Fsp3) is 0.208. The summed E-state index contributed by atoms with van der Waals surface area (Å²) in [5.74, 6) is -3.25. The molecule has 0 radical (unpaired) electrons. The third-order valence-corrected chi connectivity index (χ3v) is 4.82. The van der Waals surface area contributed by atoms with Crippen molar-refractivity contribution in [3.63, 3.8) is 0 Å². The van der Waals surface area contributed by atoms with E-state index >= 15 is 0 Å². The van der Waals surface area contributed by atoms with E-state index in [9.17, 15) is 19.8 Å². The molecule has 1 aliphatic heterocycles. The van der Waals surface area contributed by atoms with E-state index in [1.807, 2.05) is 18.5 Å². The Morgan fingerprint density at radius 1 is 0.909 bits per heavy atom. The zero-order valence-electron chi connectivity index (χ0n) is 18.3. The molecule has 0 bridgehead atoms. The standard InChI is InChI=1S/C10H14N2.2C7H6O3.Zn/c1-12-7-3-5-10(12)9-4-2-6-11-8-9;2*8-6-4-2-1-3-5(6)7(9)10;/h2,4,6,8,10H,3,5,7H2,1H3;2*1-4,8H,(H,9,10);/q;;;+2/p-2/t10-;;;/m0.../s1. The van der Waals surface area contributed by atoms with Crippen LogP contribution in [0.1, 0.15) is 45.2 Å². The van der Waals surface area contributed by atoms with E-state index in [0.717, 1.165) is 0 Å². The van der Waals surface area contributed by atoms with Crippen LogP contribution in [0.3, 0.4) is 0 Å². The van der Waals surface area contributed by atoms with E-state index in [4.69, 9.17) is 10.2 Å². The van der Waals surface area contributed by atoms with Gasteiger partial charge in [-0.25, -0.2) is 9.59 Å². The molecule has 1 atom stereocenters. The van der Waals surface area contributed by atoms with Crippen LogP contribution in [0.25, 0.3) is 0 Å². The first-order valence-electron chi connectivity index (χ1n) is 9.90. The third-order valence-electron chi connectivity index (χ3n) is 4.82. The smallest absolute Gasteiger partial charge is 0.872 e. The number of para-hydroxylation sites is 2. The molecule has 1 fully saturated rings. The van der Waals surface area contributed by atoms with Crippen LogP contribution in [-0.2, 0) is 19.5 Å². The summed E-state index contributed by atoms with van der Waals surface area (Å²) in [6, 6.07) is 15.9. The first-order valence-corrected chi connectivity index (χ1v) is 9.90. The molecule has 9 heteroatoms. The Labute approximate surface area is 204 Å². The third kappa shape index (κ3) is 8.63. The summed E-state index contributed by atoms with van der Waals surface area (Å²) >= 11 is 0. The van der Waals surface area contributed by atoms with Crippen LogP contribution >= 0.6 is 0 Å². The summed E-state index contributed by atoms with van der Waals surface area (Å²) in [6.07, 6.45) is 6.41. The van der Waals surface area contributed by atoms with E-state index < -0.39 is 23.4 Å². The van der Waals surface area contributed by atoms with Gasteiger partial charge in [0, 0.05) is 18.4 Å². The van der Waals surface area contributed by atoms with Gasteiger partial charge in [-0.05, 0) is 50.2 Å². The monoisotopic (exact) mass is 500 g/mol. The molecule has 4 rings (SSSR count). The van der Waals surface area contributed by atoms with Gasteiger partial charge >= 0.3 is 31.4 Å². The summed E-state index contributed by atoms with van der Waals surface area (Å²) < 4.78 is 0. The van der Waals surface area contributed by atoms with Crippen molar-refractivity contribution >= 4 is 11.9 Å². The maximum atomic E-state index is 10.7. The van der Waals surface area contributed by atoms with Crippen LogP contribution < -0.4 is 10.2 Å². The van der Waals surface area contributed by atoms with Gasteiger partial charge in [0.05, 0.1) is 11.1 Å². The number of benzene rings is 2. The molecule has 3 aromatic rings. The molecular weight excluding hydrogens is 478 g/mol. The van der Waals surface area contributed by atoms with Gasteiger partial charge in [0.2, 0.25) is 0 Å². The summed E-state index contributed by atoms with van der Waals surface area (Å²) in [7, 11) is 2.19. The molecule has 0 amide bonds. The summed E-state index contributed by atoms with van der Waals surface area (Å²) in [6.45, 7) is 1.22. The predicted octanol–water partition coefficient (Wildman–Crippen LogP) is 2.76. The van der Waals surface area contributed by atoms with E-state index in [1.54, 1.807) is 0 Å². The number of pyridine rings is 1. The second-order valence-electron chi connectivity index (χ2n) is 7.03. The van der Waals surface area contributed by atoms with E-state index in [2.05, 4.69) is 23.0 Å². The molecule has 2 heterocycles. The molecule has 0 unspecified atom stereocenters. The number of carboxylic acids is 2. The number of hydrogen-bond acceptors (Lipinski definition) is 6. The van der Waals surface area contributed by atoms with Gasteiger partial charge in [0.15, 0.2) is 0 Å². The van der Waals surface area contributed by atoms with Crippen molar-refractivity contribution in [1.82, 2.24) is 9.88 Å². The van der Waals surface area contributed by atoms with Gasteiger partial charge in [-0.2, -0.15) is 0 Å². The summed E-state index contributed by atoms with van der Waals surface area (Å²) in [4.78, 5) is 27.0. The van der Waals surface area contributed by atoms with E-state index in [1.165, 1.54) is 73.5 Å². The average molecular weight is 502 g/mol. The number of carbonyl (C=O) groups is 2. The van der Waals surface area contributed by atoms with Crippen molar-refractivity contribution < 1.29 is 49.5 Å². The zero-order valence-corrected chi connectivity index (χ0v) is 21.2. The van der Waals surface area contributed by atoms with Crippen molar-refractivity contribution in [3.8, 4) is 11.5 Å². The van der Waals surface area contributed by atoms with Crippen molar-refractivity contribution in [2.45, 2.75) is 18.9 Å². The number of carboxylic acid groups (broad SMARTS) is 2. The van der Waals surface area contributed by atoms with Gasteiger partial charge in [0.25, 0.3) is 0 Å². The molecule has 33 heavy (non-hydrogen) atoms. The Kier molecular flexibility index (Phi) is 11.8. The molecule has 0 aliphatic carbocycles. The van der Waals surface area contributed by atoms with Crippen LogP contribution in [0.4, 0.5) is 0 Å². The van der Waals surface area contributed by atoms with Gasteiger partial charge in [-0.15, -0.1) is 0 Å². The largest absolute Gasteiger partial charge is 2.00 e. The molecule has 2 N–H and O–H groups in total. The maximum Gasteiger partial charge on any atom is 2.00 e. The van der Waals surface area contributed by atoms with Crippen molar-refractivity contribution in [3.05, 3.63) is 89.7 Å². The van der Waals surface area contributed by atoms with Gasteiger partial charge in [0.1, 0.15) is 0 Å². The fourth-order valence-corrected chi connectivity index (χ4v) is 3.19. The Morgan fingerprint density at radius 2 is 1.42 bits per heavy atom. The molecular formula is C24H24N2O6Zn. The molecule has 8 nitrogen and oxygen atoms in total. The van der Waals surface area contributed by atoms with Crippen LogP contribution in [0, 0.1) is 0 Å². The number of aromatic carboxylic acids is 2. The Hall–Kier alpha value is -3.29. The van der Waals surface area contributed by atoms with Crippen LogP contribution in [0.2, 0.25) is 0 Å². The second kappa shape index (κ2) is 14.0. The summed E-state index contributed by atoms with van der Waals surface area (Å²) in [5.41, 5.74) is 1.00. The summed E-state index contributed by atoms with van der Waals surface area (Å²) in [5, 5.41) is 38.1. The van der Waals surface area contributed by atoms with Crippen molar-refractivity contribution in [2.75, 3.05) is 13.6 Å². The first-order chi connectivity index (χ1) is 15.3. The average Bonchev–Trinajstić information content (AvgIpc) is 3.21. The number of aromatic nitrogens is 1. The quantitative estimate of drug-likeness (QED) is 0.523. The molecule has 0 saturated carbocycles. The topological polar surface area (TPSA) is 137 Å². The van der Waals surface area contributed by atoms with Crippen molar-refractivity contribution in [2.24, 2.45) is 0 Å². The maximum absolute atomic E-state index is 10.7. The van der Waals surface area contributed by atoms with Crippen molar-refractivity contribution in [1.29, 1.82) is 0 Å². The molecule has 0 spiro atoms. The number of likely N-dealkylation sites (tertiary alicyclic amines) is 1. The molecule has 1 aromatic heterocycles. The first kappa shape index (κ1) is 27.7. The minimum Gasteiger partial charge on any atom is -0.872 e. The van der Waals surface area contributed by atoms with E-state index in [-0.39, 0.29) is 30.6 Å². The fourth-order valence-electron chi connectivity index (χ4n) is 3.19. The van der Waals surface area contributed by atoms with E-state index in [0.29, 0.717) is 6.04 Å². The Balaban J connectivity index is 0.000000246. The SMILES string of the molecule is CN1CCC[C@H]1c1cccnc1.O=C(O)c1ccccc1[O-].O=C(O)c1ccccc1[O-].[Zn+2]. The minimum absolute atomic E-state index is 0. The molecule has 1 aliphatic rings. The van der Waals surface area contributed by atoms with Gasteiger partial charge in [-0.3, -0.25) is 9.88 Å². The normalized spacial score (nSPS) is 14.5. The zero-order chi connectivity index (χ0) is 23.5. The van der Waals surface area contributed by atoms with Gasteiger partial charge in [-0.1, -0.05) is 54.0 Å². The van der Waals surface area contributed by atoms with Crippen LogP contribution in [0.5, 0.6) is 11.5 Å². The molecule has 1 saturated heterocycles. The second-order valence-corrected chi connectivity index (χ2v) is 7.03. The number of rotatable bonds is 3.